The Balaban J connectivity index is 2.52. The van der Waals surface area contributed by atoms with E-state index in [0.29, 0.717) is 22.8 Å². The van der Waals surface area contributed by atoms with Crippen molar-refractivity contribution in [3.05, 3.63) is 46.2 Å². The number of H-pyrrole nitrogens is 1. The third-order valence-corrected chi connectivity index (χ3v) is 2.86. The number of benzene rings is 1. The fourth-order valence-corrected chi connectivity index (χ4v) is 1.81. The molecule has 0 amide bonds. The standard InChI is InChI=1S/C14H15NO4/c1-18-10-4-5-11(13(7-10)19-2)12-6-3-9(8-16)14(17)15-12/h3-7,16H,8H2,1-2H3,(H,15,17). The third-order valence-electron chi connectivity index (χ3n) is 2.86. The molecule has 1 heterocycles. The Morgan fingerprint density at radius 1 is 1.16 bits per heavy atom. The molecule has 19 heavy (non-hydrogen) atoms. The zero-order valence-corrected chi connectivity index (χ0v) is 10.8. The molecule has 1 aromatic heterocycles. The number of aliphatic hydroxyl groups is 1. The van der Waals surface area contributed by atoms with E-state index in [1.165, 1.54) is 0 Å². The number of hydrogen-bond acceptors (Lipinski definition) is 4. The summed E-state index contributed by atoms with van der Waals surface area (Å²) in [7, 11) is 3.13. The SMILES string of the molecule is COc1ccc(-c2ccc(CO)c(=O)[nH]2)c(OC)c1. The first-order valence-corrected chi connectivity index (χ1v) is 5.75. The highest BCUT2D eigenvalue weighted by molar-refractivity contribution is 5.68. The zero-order chi connectivity index (χ0) is 13.8. The number of pyridine rings is 1. The highest BCUT2D eigenvalue weighted by Crippen LogP contribution is 2.31. The molecule has 0 unspecified atom stereocenters. The fourth-order valence-electron chi connectivity index (χ4n) is 1.81. The van der Waals surface area contributed by atoms with E-state index < -0.39 is 0 Å². The van der Waals surface area contributed by atoms with Crippen molar-refractivity contribution in [3.8, 4) is 22.8 Å². The summed E-state index contributed by atoms with van der Waals surface area (Å²) >= 11 is 0. The molecule has 5 heteroatoms. The van der Waals surface area contributed by atoms with Gasteiger partial charge in [0.1, 0.15) is 11.5 Å². The normalized spacial score (nSPS) is 10.3. The van der Waals surface area contributed by atoms with Crippen LogP contribution in [0.15, 0.2) is 35.1 Å². The van der Waals surface area contributed by atoms with Gasteiger partial charge in [-0.1, -0.05) is 0 Å². The van der Waals surface area contributed by atoms with Crippen molar-refractivity contribution in [2.24, 2.45) is 0 Å². The van der Waals surface area contributed by atoms with Crippen molar-refractivity contribution in [2.75, 3.05) is 14.2 Å². The number of aromatic amines is 1. The summed E-state index contributed by atoms with van der Waals surface area (Å²) in [5, 5.41) is 8.99. The molecule has 1 aromatic carbocycles. The van der Waals surface area contributed by atoms with E-state index in [-0.39, 0.29) is 12.2 Å². The average molecular weight is 261 g/mol. The van der Waals surface area contributed by atoms with E-state index in [9.17, 15) is 4.79 Å². The van der Waals surface area contributed by atoms with Crippen LogP contribution in [0.4, 0.5) is 0 Å². The van der Waals surface area contributed by atoms with Gasteiger partial charge in [0, 0.05) is 17.2 Å². The first-order valence-electron chi connectivity index (χ1n) is 5.75. The Morgan fingerprint density at radius 2 is 1.95 bits per heavy atom. The summed E-state index contributed by atoms with van der Waals surface area (Å²) in [6.07, 6.45) is 0. The van der Waals surface area contributed by atoms with E-state index in [2.05, 4.69) is 4.98 Å². The zero-order valence-electron chi connectivity index (χ0n) is 10.8. The predicted octanol–water partition coefficient (Wildman–Crippen LogP) is 1.55. The summed E-state index contributed by atoms with van der Waals surface area (Å²) in [5.41, 5.74) is 1.40. The lowest BCUT2D eigenvalue weighted by Gasteiger charge is -2.10. The second-order valence-corrected chi connectivity index (χ2v) is 3.95. The van der Waals surface area contributed by atoms with Gasteiger partial charge in [-0.05, 0) is 24.3 Å². The first-order chi connectivity index (χ1) is 9.19. The van der Waals surface area contributed by atoms with Gasteiger partial charge in [-0.3, -0.25) is 4.79 Å². The molecule has 2 aromatic rings. The van der Waals surface area contributed by atoms with E-state index in [1.54, 1.807) is 38.5 Å². The van der Waals surface area contributed by atoms with Gasteiger partial charge in [0.05, 0.1) is 26.5 Å². The molecule has 0 saturated carbocycles. The maximum atomic E-state index is 11.7. The number of aromatic nitrogens is 1. The monoisotopic (exact) mass is 261 g/mol. The van der Waals surface area contributed by atoms with Gasteiger partial charge < -0.3 is 19.6 Å². The smallest absolute Gasteiger partial charge is 0.253 e. The van der Waals surface area contributed by atoms with Crippen LogP contribution in [0.2, 0.25) is 0 Å². The summed E-state index contributed by atoms with van der Waals surface area (Å²) < 4.78 is 10.4. The van der Waals surface area contributed by atoms with Crippen LogP contribution < -0.4 is 15.0 Å². The highest BCUT2D eigenvalue weighted by Gasteiger charge is 2.09. The van der Waals surface area contributed by atoms with Crippen molar-refractivity contribution in [2.45, 2.75) is 6.61 Å². The van der Waals surface area contributed by atoms with Crippen LogP contribution in [0.1, 0.15) is 5.56 Å². The maximum Gasteiger partial charge on any atom is 0.253 e. The molecule has 2 rings (SSSR count). The number of rotatable bonds is 4. The fraction of sp³-hybridized carbons (Fsp3) is 0.214. The Labute approximate surface area is 110 Å². The maximum absolute atomic E-state index is 11.7. The lowest BCUT2D eigenvalue weighted by molar-refractivity contribution is 0.280. The molecule has 2 N–H and O–H groups in total. The van der Waals surface area contributed by atoms with E-state index in [0.717, 1.165) is 5.56 Å². The molecule has 0 spiro atoms. The predicted molar refractivity (Wildman–Crippen MR) is 71.5 cm³/mol. The first kappa shape index (κ1) is 13.2. The Hall–Kier alpha value is -2.27. The van der Waals surface area contributed by atoms with Crippen LogP contribution in [0.5, 0.6) is 11.5 Å². The van der Waals surface area contributed by atoms with Crippen molar-refractivity contribution in [3.63, 3.8) is 0 Å². The molecule has 0 radical (unpaired) electrons. The summed E-state index contributed by atoms with van der Waals surface area (Å²) in [6, 6.07) is 8.67. The Bertz CT molecular complexity index is 634. The topological polar surface area (TPSA) is 71.5 Å². The summed E-state index contributed by atoms with van der Waals surface area (Å²) in [4.78, 5) is 14.4. The van der Waals surface area contributed by atoms with Gasteiger partial charge in [0.15, 0.2) is 0 Å². The number of methoxy groups -OCH3 is 2. The largest absolute Gasteiger partial charge is 0.497 e. The van der Waals surface area contributed by atoms with E-state index in [1.807, 2.05) is 6.07 Å². The van der Waals surface area contributed by atoms with E-state index >= 15 is 0 Å². The second-order valence-electron chi connectivity index (χ2n) is 3.95. The average Bonchev–Trinajstić information content (AvgIpc) is 2.46. The lowest BCUT2D eigenvalue weighted by Crippen LogP contribution is -2.12. The molecular formula is C14H15NO4. The van der Waals surface area contributed by atoms with Crippen molar-refractivity contribution >= 4 is 0 Å². The molecule has 0 aliphatic heterocycles. The van der Waals surface area contributed by atoms with Crippen molar-refractivity contribution in [1.29, 1.82) is 0 Å². The van der Waals surface area contributed by atoms with Gasteiger partial charge >= 0.3 is 0 Å². The Kier molecular flexibility index (Phi) is 3.87. The molecule has 0 fully saturated rings. The molecular weight excluding hydrogens is 246 g/mol. The van der Waals surface area contributed by atoms with Gasteiger partial charge in [-0.15, -0.1) is 0 Å². The van der Waals surface area contributed by atoms with Gasteiger partial charge in [-0.2, -0.15) is 0 Å². The minimum Gasteiger partial charge on any atom is -0.497 e. The lowest BCUT2D eigenvalue weighted by atomic mass is 10.1. The van der Waals surface area contributed by atoms with Gasteiger partial charge in [-0.25, -0.2) is 0 Å². The van der Waals surface area contributed by atoms with Crippen LogP contribution in [0.3, 0.4) is 0 Å². The molecule has 100 valence electrons. The number of hydrogen-bond donors (Lipinski definition) is 2. The molecule has 0 bridgehead atoms. The van der Waals surface area contributed by atoms with Crippen LogP contribution >= 0.6 is 0 Å². The van der Waals surface area contributed by atoms with Crippen LogP contribution in [0, 0.1) is 0 Å². The van der Waals surface area contributed by atoms with E-state index in [4.69, 9.17) is 14.6 Å². The van der Waals surface area contributed by atoms with Gasteiger partial charge in [0.2, 0.25) is 0 Å². The number of aliphatic hydroxyl groups excluding tert-OH is 1. The number of ether oxygens (including phenoxy) is 2. The quantitative estimate of drug-likeness (QED) is 0.876. The minimum absolute atomic E-state index is 0.282. The summed E-state index contributed by atoms with van der Waals surface area (Å²) in [6.45, 7) is -0.282. The van der Waals surface area contributed by atoms with Crippen molar-refractivity contribution in [1.82, 2.24) is 4.98 Å². The van der Waals surface area contributed by atoms with Crippen molar-refractivity contribution < 1.29 is 14.6 Å². The van der Waals surface area contributed by atoms with Crippen LogP contribution in [0.25, 0.3) is 11.3 Å². The van der Waals surface area contributed by atoms with Crippen LogP contribution in [-0.2, 0) is 6.61 Å². The second kappa shape index (κ2) is 5.58. The minimum atomic E-state index is -0.308. The third kappa shape index (κ3) is 2.61. The molecule has 0 aliphatic rings. The molecule has 5 nitrogen and oxygen atoms in total. The Morgan fingerprint density at radius 3 is 2.53 bits per heavy atom. The molecule has 0 atom stereocenters. The van der Waals surface area contributed by atoms with Gasteiger partial charge in [0.25, 0.3) is 5.56 Å². The molecule has 0 saturated heterocycles. The summed E-state index contributed by atoms with van der Waals surface area (Å²) in [5.74, 6) is 1.28. The highest BCUT2D eigenvalue weighted by atomic mass is 16.5. The van der Waals surface area contributed by atoms with Crippen LogP contribution in [-0.4, -0.2) is 24.3 Å². The molecule has 0 aliphatic carbocycles. The number of nitrogens with one attached hydrogen (secondary N) is 1.